The highest BCUT2D eigenvalue weighted by atomic mass is 14.3. The van der Waals surface area contributed by atoms with Crippen molar-refractivity contribution in [3.63, 3.8) is 0 Å². The molecule has 0 spiro atoms. The van der Waals surface area contributed by atoms with Gasteiger partial charge in [-0.25, -0.2) is 0 Å². The minimum Gasteiger partial charge on any atom is -0.0996 e. The van der Waals surface area contributed by atoms with Gasteiger partial charge < -0.3 is 0 Å². The van der Waals surface area contributed by atoms with Crippen LogP contribution in [0.1, 0.15) is 48.4 Å². The van der Waals surface area contributed by atoms with E-state index >= 15 is 0 Å². The van der Waals surface area contributed by atoms with Crippen molar-refractivity contribution < 1.29 is 0 Å². The SMILES string of the molecule is C=C(CCC)[C@H]1CCc2c(c(C)c3c(=C)c4cccc5cc(c3c2C)c54)C1. The van der Waals surface area contributed by atoms with Gasteiger partial charge in [-0.05, 0) is 111 Å². The molecule has 0 fully saturated rings. The fraction of sp³-hybridized carbons (Fsp3) is 0.333. The van der Waals surface area contributed by atoms with Crippen LogP contribution >= 0.6 is 0 Å². The summed E-state index contributed by atoms with van der Waals surface area (Å²) in [6.45, 7) is 15.9. The predicted octanol–water partition coefficient (Wildman–Crippen LogP) is 6.79. The van der Waals surface area contributed by atoms with Crippen LogP contribution in [-0.2, 0) is 12.8 Å². The van der Waals surface area contributed by atoms with Gasteiger partial charge in [-0.1, -0.05) is 50.3 Å². The zero-order valence-corrected chi connectivity index (χ0v) is 16.8. The molecule has 4 aromatic rings. The number of hydrogen-bond acceptors (Lipinski definition) is 0. The molecule has 136 valence electrons. The normalized spacial score (nSPS) is 17.2. The molecule has 0 unspecified atom stereocenters. The van der Waals surface area contributed by atoms with Gasteiger partial charge in [0.2, 0.25) is 0 Å². The van der Waals surface area contributed by atoms with Crippen molar-refractivity contribution >= 4 is 38.9 Å². The zero-order valence-electron chi connectivity index (χ0n) is 16.8. The van der Waals surface area contributed by atoms with Crippen LogP contribution in [0.2, 0.25) is 0 Å². The molecule has 0 heterocycles. The summed E-state index contributed by atoms with van der Waals surface area (Å²) in [5.41, 5.74) is 7.60. The van der Waals surface area contributed by atoms with Crippen molar-refractivity contribution in [3.05, 3.63) is 63.9 Å². The molecule has 4 aromatic carbocycles. The average molecular weight is 353 g/mol. The number of allylic oxidation sites excluding steroid dienone is 1. The molecular weight excluding hydrogens is 324 g/mol. The van der Waals surface area contributed by atoms with Gasteiger partial charge in [0.05, 0.1) is 0 Å². The average Bonchev–Trinajstić information content (AvgIpc) is 2.65. The molecular formula is C27H28. The van der Waals surface area contributed by atoms with Gasteiger partial charge in [-0.2, -0.15) is 0 Å². The van der Waals surface area contributed by atoms with E-state index in [1.165, 1.54) is 79.9 Å². The highest BCUT2D eigenvalue weighted by Gasteiger charge is 2.26. The summed E-state index contributed by atoms with van der Waals surface area (Å²) in [4.78, 5) is 0. The zero-order chi connectivity index (χ0) is 18.9. The van der Waals surface area contributed by atoms with Crippen molar-refractivity contribution in [2.24, 2.45) is 5.92 Å². The Balaban J connectivity index is 1.81. The van der Waals surface area contributed by atoms with Crippen molar-refractivity contribution in [1.29, 1.82) is 0 Å². The second kappa shape index (κ2) is 5.83. The van der Waals surface area contributed by atoms with E-state index in [2.05, 4.69) is 58.2 Å². The minimum atomic E-state index is 0.646. The lowest BCUT2D eigenvalue weighted by Crippen LogP contribution is -2.20. The molecule has 0 bridgehead atoms. The van der Waals surface area contributed by atoms with Gasteiger partial charge in [0, 0.05) is 0 Å². The van der Waals surface area contributed by atoms with Crippen LogP contribution in [0.4, 0.5) is 0 Å². The first kappa shape index (κ1) is 16.8. The number of fused-ring (bicyclic) bond motifs is 3. The minimum absolute atomic E-state index is 0.646. The molecule has 27 heavy (non-hydrogen) atoms. The molecule has 0 saturated heterocycles. The van der Waals surface area contributed by atoms with Crippen LogP contribution < -0.4 is 5.22 Å². The lowest BCUT2D eigenvalue weighted by atomic mass is 9.73. The molecule has 0 N–H and O–H groups in total. The number of benzene rings is 3. The highest BCUT2D eigenvalue weighted by molar-refractivity contribution is 6.28. The second-order valence-corrected chi connectivity index (χ2v) is 8.61. The highest BCUT2D eigenvalue weighted by Crippen LogP contribution is 2.43. The molecule has 0 saturated carbocycles. The van der Waals surface area contributed by atoms with E-state index in [4.69, 9.17) is 0 Å². The Morgan fingerprint density at radius 1 is 1.04 bits per heavy atom. The maximum absolute atomic E-state index is 4.55. The topological polar surface area (TPSA) is 0 Å². The molecule has 0 aliphatic heterocycles. The van der Waals surface area contributed by atoms with Gasteiger partial charge in [0.1, 0.15) is 0 Å². The van der Waals surface area contributed by atoms with Crippen LogP contribution in [0.25, 0.3) is 38.9 Å². The van der Waals surface area contributed by atoms with Crippen molar-refractivity contribution in [3.8, 4) is 0 Å². The van der Waals surface area contributed by atoms with E-state index in [0.29, 0.717) is 5.92 Å². The summed E-state index contributed by atoms with van der Waals surface area (Å²) >= 11 is 0. The monoisotopic (exact) mass is 352 g/mol. The first-order chi connectivity index (χ1) is 13.0. The van der Waals surface area contributed by atoms with Crippen LogP contribution in [0.15, 0.2) is 36.4 Å². The number of rotatable bonds is 3. The summed E-state index contributed by atoms with van der Waals surface area (Å²) in [5, 5.41) is 9.68. The fourth-order valence-electron chi connectivity index (χ4n) is 5.72. The number of aryl methyl sites for hydroxylation is 2. The Morgan fingerprint density at radius 3 is 2.59 bits per heavy atom. The van der Waals surface area contributed by atoms with Gasteiger partial charge in [-0.3, -0.25) is 0 Å². The molecule has 0 radical (unpaired) electrons. The van der Waals surface area contributed by atoms with Crippen molar-refractivity contribution in [2.75, 3.05) is 0 Å². The van der Waals surface area contributed by atoms with E-state index in [-0.39, 0.29) is 0 Å². The summed E-state index contributed by atoms with van der Waals surface area (Å²) < 4.78 is 0. The van der Waals surface area contributed by atoms with Gasteiger partial charge in [-0.15, -0.1) is 0 Å². The lowest BCUT2D eigenvalue weighted by Gasteiger charge is -2.31. The quantitative estimate of drug-likeness (QED) is 0.281. The van der Waals surface area contributed by atoms with Gasteiger partial charge in [0.25, 0.3) is 0 Å². The summed E-state index contributed by atoms with van der Waals surface area (Å²) in [6, 6.07) is 9.02. The summed E-state index contributed by atoms with van der Waals surface area (Å²) in [7, 11) is 0. The standard InChI is InChI=1S/C27H28/c1-6-8-15(2)19-11-12-21-16(3)26-24-14-20-9-7-10-22(27(20)24)17(4)25(26)18(5)23(21)13-19/h7,9-10,14,19H,2,4,6,8,11-13H2,1,3,5H3/t19-/m0/s1. The summed E-state index contributed by atoms with van der Waals surface area (Å²) in [6.07, 6.45) is 5.98. The molecule has 0 aromatic heterocycles. The maximum atomic E-state index is 4.55. The van der Waals surface area contributed by atoms with E-state index in [9.17, 15) is 0 Å². The largest absolute Gasteiger partial charge is 0.0996 e. The first-order valence-corrected chi connectivity index (χ1v) is 10.4. The third kappa shape index (κ3) is 2.16. The molecule has 1 aliphatic rings. The van der Waals surface area contributed by atoms with Crippen LogP contribution in [0.3, 0.4) is 0 Å². The molecule has 0 amide bonds. The predicted molar refractivity (Wildman–Crippen MR) is 120 cm³/mol. The molecule has 5 rings (SSSR count). The molecule has 0 heteroatoms. The molecule has 1 atom stereocenters. The Bertz CT molecular complexity index is 1250. The smallest absolute Gasteiger partial charge is 0.00260 e. The summed E-state index contributed by atoms with van der Waals surface area (Å²) in [5.74, 6) is 0.646. The molecule has 0 nitrogen and oxygen atoms in total. The van der Waals surface area contributed by atoms with E-state index in [0.717, 1.165) is 6.42 Å². The maximum Gasteiger partial charge on any atom is -0.00260 e. The third-order valence-electron chi connectivity index (χ3n) is 7.17. The Labute approximate surface area is 161 Å². The van der Waals surface area contributed by atoms with Crippen LogP contribution in [0.5, 0.6) is 0 Å². The van der Waals surface area contributed by atoms with Gasteiger partial charge in [0.15, 0.2) is 0 Å². The number of hydrogen-bond donors (Lipinski definition) is 0. The van der Waals surface area contributed by atoms with Crippen molar-refractivity contribution in [1.82, 2.24) is 0 Å². The van der Waals surface area contributed by atoms with Gasteiger partial charge >= 0.3 is 0 Å². The van der Waals surface area contributed by atoms with Crippen LogP contribution in [-0.4, -0.2) is 0 Å². The Kier molecular flexibility index (Phi) is 3.63. The second-order valence-electron chi connectivity index (χ2n) is 8.61. The van der Waals surface area contributed by atoms with E-state index in [1.807, 2.05) is 0 Å². The van der Waals surface area contributed by atoms with Crippen LogP contribution in [0, 0.1) is 19.8 Å². The third-order valence-corrected chi connectivity index (χ3v) is 7.17. The fourth-order valence-corrected chi connectivity index (χ4v) is 5.72. The Hall–Kier alpha value is -2.34. The van der Waals surface area contributed by atoms with E-state index < -0.39 is 0 Å². The van der Waals surface area contributed by atoms with E-state index in [1.54, 1.807) is 11.1 Å². The Morgan fingerprint density at radius 2 is 1.81 bits per heavy atom. The van der Waals surface area contributed by atoms with Crippen molar-refractivity contribution in [2.45, 2.75) is 52.9 Å². The first-order valence-electron chi connectivity index (χ1n) is 10.4. The molecule has 1 aliphatic carbocycles. The lowest BCUT2D eigenvalue weighted by molar-refractivity contribution is 0.507.